The molecule has 3 aromatic rings. The second-order valence-corrected chi connectivity index (χ2v) is 14.1. The van der Waals surface area contributed by atoms with Crippen LogP contribution in [0, 0.1) is 11.7 Å². The molecule has 0 unspecified atom stereocenters. The Kier molecular flexibility index (Phi) is 8.67. The topological polar surface area (TPSA) is 97.3 Å². The second-order valence-electron chi connectivity index (χ2n) is 11.8. The standard InChI is InChI=1S/C30H38F3N5O3S/c1-18(22-6-5-7-25(26(22)31)30(32,33)20-8-10-21(11-9-20)38(2)3)36-27-24-16-23(19-12-14-42(39,40)15-13-19)29(41-4)37-28(24)35-17-34-27/h5-7,16-21H,8-15H2,1-4H3,(H,34,35,36,37)/t18-,20?,21?/m1/s1. The molecular formula is C30H38F3N5O3S. The van der Waals surface area contributed by atoms with E-state index in [1.54, 1.807) is 6.92 Å². The summed E-state index contributed by atoms with van der Waals surface area (Å²) in [4.78, 5) is 15.2. The van der Waals surface area contributed by atoms with Crippen LogP contribution in [-0.4, -0.2) is 67.0 Å². The number of benzene rings is 1. The van der Waals surface area contributed by atoms with Gasteiger partial charge in [-0.3, -0.25) is 0 Å². The number of pyridine rings is 1. The highest BCUT2D eigenvalue weighted by atomic mass is 32.2. The van der Waals surface area contributed by atoms with E-state index < -0.39 is 39.1 Å². The molecule has 5 rings (SSSR count). The molecule has 1 atom stereocenters. The molecule has 1 saturated heterocycles. The van der Waals surface area contributed by atoms with E-state index in [4.69, 9.17) is 4.74 Å². The van der Waals surface area contributed by atoms with Crippen molar-refractivity contribution in [2.24, 2.45) is 5.92 Å². The number of halogens is 3. The third kappa shape index (κ3) is 6.06. The first-order valence-corrected chi connectivity index (χ1v) is 16.2. The lowest BCUT2D eigenvalue weighted by atomic mass is 9.79. The van der Waals surface area contributed by atoms with Crippen LogP contribution in [0.3, 0.4) is 0 Å². The maximum Gasteiger partial charge on any atom is 0.278 e. The molecule has 0 spiro atoms. The molecule has 12 heteroatoms. The average Bonchev–Trinajstić information content (AvgIpc) is 2.96. The third-order valence-electron chi connectivity index (χ3n) is 8.95. The number of anilines is 1. The molecule has 1 aliphatic heterocycles. The Bertz CT molecular complexity index is 1530. The van der Waals surface area contributed by atoms with Crippen molar-refractivity contribution in [1.82, 2.24) is 19.9 Å². The predicted octanol–water partition coefficient (Wildman–Crippen LogP) is 5.85. The molecule has 0 radical (unpaired) electrons. The SMILES string of the molecule is COc1nc2ncnc(N[C@H](C)c3cccc(C(F)(F)C4CCC(N(C)C)CC4)c3F)c2cc1C1CCS(=O)(=O)CC1. The van der Waals surface area contributed by atoms with Gasteiger partial charge in [0.1, 0.15) is 27.8 Å². The van der Waals surface area contributed by atoms with Gasteiger partial charge in [0.2, 0.25) is 5.88 Å². The number of aromatic nitrogens is 3. The van der Waals surface area contributed by atoms with Gasteiger partial charge in [-0.2, -0.15) is 4.98 Å². The fourth-order valence-electron chi connectivity index (χ4n) is 6.36. The van der Waals surface area contributed by atoms with Gasteiger partial charge in [-0.15, -0.1) is 0 Å². The molecule has 1 aromatic carbocycles. The molecule has 228 valence electrons. The van der Waals surface area contributed by atoms with E-state index in [-0.39, 0.29) is 29.0 Å². The Balaban J connectivity index is 1.42. The normalized spacial score (nSPS) is 22.3. The molecular weight excluding hydrogens is 567 g/mol. The zero-order valence-electron chi connectivity index (χ0n) is 24.4. The van der Waals surface area contributed by atoms with Gasteiger partial charge < -0.3 is 15.0 Å². The van der Waals surface area contributed by atoms with E-state index in [0.717, 1.165) is 5.56 Å². The highest BCUT2D eigenvalue weighted by Gasteiger charge is 2.45. The van der Waals surface area contributed by atoms with E-state index in [2.05, 4.69) is 25.2 Å². The molecule has 2 aromatic heterocycles. The number of hydrogen-bond acceptors (Lipinski definition) is 8. The van der Waals surface area contributed by atoms with E-state index in [1.165, 1.54) is 31.6 Å². The Labute approximate surface area is 245 Å². The van der Waals surface area contributed by atoms with Crippen molar-refractivity contribution in [2.45, 2.75) is 69.4 Å². The van der Waals surface area contributed by atoms with Crippen molar-refractivity contribution >= 4 is 26.7 Å². The summed E-state index contributed by atoms with van der Waals surface area (Å²) in [6, 6.07) is 5.58. The fraction of sp³-hybridized carbons (Fsp3) is 0.567. The van der Waals surface area contributed by atoms with Crippen molar-refractivity contribution in [3.05, 3.63) is 53.1 Å². The predicted molar refractivity (Wildman–Crippen MR) is 156 cm³/mol. The van der Waals surface area contributed by atoms with Crippen molar-refractivity contribution in [3.63, 3.8) is 0 Å². The van der Waals surface area contributed by atoms with Gasteiger partial charge in [0.05, 0.1) is 35.6 Å². The van der Waals surface area contributed by atoms with Crippen molar-refractivity contribution in [1.29, 1.82) is 0 Å². The smallest absolute Gasteiger partial charge is 0.278 e. The summed E-state index contributed by atoms with van der Waals surface area (Å²) in [7, 11) is 2.35. The van der Waals surface area contributed by atoms with E-state index in [9.17, 15) is 8.42 Å². The lowest BCUT2D eigenvalue weighted by Gasteiger charge is -2.36. The number of alkyl halides is 2. The number of sulfone groups is 1. The van der Waals surface area contributed by atoms with Crippen LogP contribution >= 0.6 is 0 Å². The van der Waals surface area contributed by atoms with Crippen molar-refractivity contribution < 1.29 is 26.3 Å². The molecule has 0 bridgehead atoms. The van der Waals surface area contributed by atoms with Gasteiger partial charge in [0.25, 0.3) is 5.92 Å². The molecule has 42 heavy (non-hydrogen) atoms. The monoisotopic (exact) mass is 605 g/mol. The summed E-state index contributed by atoms with van der Waals surface area (Å²) >= 11 is 0. The summed E-state index contributed by atoms with van der Waals surface area (Å²) in [5.74, 6) is -4.29. The van der Waals surface area contributed by atoms with Crippen LogP contribution in [0.2, 0.25) is 0 Å². The summed E-state index contributed by atoms with van der Waals surface area (Å²) < 4.78 is 76.7. The Morgan fingerprint density at radius 2 is 1.76 bits per heavy atom. The molecule has 0 amide bonds. The maximum atomic E-state index is 15.8. The first-order chi connectivity index (χ1) is 19.9. The van der Waals surface area contributed by atoms with Crippen LogP contribution in [0.1, 0.15) is 74.1 Å². The van der Waals surface area contributed by atoms with Crippen LogP contribution in [0.4, 0.5) is 19.0 Å². The number of hydrogen-bond donors (Lipinski definition) is 1. The first-order valence-electron chi connectivity index (χ1n) is 14.4. The fourth-order valence-corrected chi connectivity index (χ4v) is 7.85. The molecule has 1 N–H and O–H groups in total. The maximum absolute atomic E-state index is 15.8. The zero-order valence-corrected chi connectivity index (χ0v) is 25.2. The number of nitrogens with zero attached hydrogens (tertiary/aromatic N) is 4. The lowest BCUT2D eigenvalue weighted by molar-refractivity contribution is -0.0857. The summed E-state index contributed by atoms with van der Waals surface area (Å²) in [6.07, 6.45) is 4.21. The molecule has 8 nitrogen and oxygen atoms in total. The highest BCUT2D eigenvalue weighted by molar-refractivity contribution is 7.91. The largest absolute Gasteiger partial charge is 0.481 e. The molecule has 1 aliphatic carbocycles. The Morgan fingerprint density at radius 1 is 1.07 bits per heavy atom. The number of ether oxygens (including phenoxy) is 1. The van der Waals surface area contributed by atoms with E-state index >= 15 is 13.2 Å². The van der Waals surface area contributed by atoms with Crippen molar-refractivity contribution in [3.8, 4) is 5.88 Å². The molecule has 2 fully saturated rings. The average molecular weight is 606 g/mol. The van der Waals surface area contributed by atoms with Gasteiger partial charge in [0, 0.05) is 23.1 Å². The van der Waals surface area contributed by atoms with Gasteiger partial charge in [-0.25, -0.2) is 31.6 Å². The minimum Gasteiger partial charge on any atom is -0.481 e. The first kappa shape index (κ1) is 30.5. The summed E-state index contributed by atoms with van der Waals surface area (Å²) in [6.45, 7) is 1.69. The third-order valence-corrected chi connectivity index (χ3v) is 10.7. The Morgan fingerprint density at radius 3 is 2.40 bits per heavy atom. The van der Waals surface area contributed by atoms with Crippen LogP contribution in [0.25, 0.3) is 11.0 Å². The van der Waals surface area contributed by atoms with Gasteiger partial charge in [0.15, 0.2) is 5.65 Å². The van der Waals surface area contributed by atoms with Crippen LogP contribution in [0.5, 0.6) is 5.88 Å². The minimum absolute atomic E-state index is 0.0741. The Hall–Kier alpha value is -2.99. The highest BCUT2D eigenvalue weighted by Crippen LogP contribution is 2.46. The van der Waals surface area contributed by atoms with Crippen LogP contribution in [0.15, 0.2) is 30.6 Å². The van der Waals surface area contributed by atoms with Crippen LogP contribution in [-0.2, 0) is 15.8 Å². The summed E-state index contributed by atoms with van der Waals surface area (Å²) in [5, 5.41) is 3.73. The molecule has 3 heterocycles. The number of nitrogens with one attached hydrogen (secondary N) is 1. The summed E-state index contributed by atoms with van der Waals surface area (Å²) in [5.41, 5.74) is 0.635. The number of methoxy groups -OCH3 is 1. The minimum atomic E-state index is -3.29. The molecule has 1 saturated carbocycles. The van der Waals surface area contributed by atoms with E-state index in [1.807, 2.05) is 20.2 Å². The van der Waals surface area contributed by atoms with Crippen LogP contribution < -0.4 is 10.1 Å². The number of rotatable bonds is 8. The zero-order chi connectivity index (χ0) is 30.2. The van der Waals surface area contributed by atoms with Gasteiger partial charge in [-0.05, 0) is 71.5 Å². The lowest BCUT2D eigenvalue weighted by Crippen LogP contribution is -2.37. The number of fused-ring (bicyclic) bond motifs is 1. The van der Waals surface area contributed by atoms with E-state index in [0.29, 0.717) is 61.3 Å². The van der Waals surface area contributed by atoms with Gasteiger partial charge in [-0.1, -0.05) is 18.2 Å². The van der Waals surface area contributed by atoms with Gasteiger partial charge >= 0.3 is 0 Å². The second kappa shape index (κ2) is 11.9. The van der Waals surface area contributed by atoms with Crippen molar-refractivity contribution in [2.75, 3.05) is 38.0 Å². The molecule has 2 aliphatic rings. The quantitative estimate of drug-likeness (QED) is 0.342.